The molecule has 72 valence electrons. The molecule has 0 radical (unpaired) electrons. The van der Waals surface area contributed by atoms with Crippen LogP contribution in [-0.4, -0.2) is 0 Å². The molecular weight excluding hydrogens is 168 g/mol. The van der Waals surface area contributed by atoms with E-state index in [0.717, 1.165) is 0 Å². The highest BCUT2D eigenvalue weighted by Gasteiger charge is 2.03. The summed E-state index contributed by atoms with van der Waals surface area (Å²) in [4.78, 5) is 0. The molecule has 0 heterocycles. The zero-order chi connectivity index (χ0) is 9.97. The van der Waals surface area contributed by atoms with Gasteiger partial charge in [0.05, 0.1) is 0 Å². The lowest BCUT2D eigenvalue weighted by molar-refractivity contribution is 0.923. The lowest BCUT2D eigenvalue weighted by Crippen LogP contribution is -1.94. The summed E-state index contributed by atoms with van der Waals surface area (Å²) in [6.45, 7) is 4.42. The highest BCUT2D eigenvalue weighted by molar-refractivity contribution is 5.57. The second-order valence-corrected chi connectivity index (χ2v) is 4.00. The third-order valence-electron chi connectivity index (χ3n) is 3.01. The van der Waals surface area contributed by atoms with Gasteiger partial charge in [0.15, 0.2) is 0 Å². The van der Waals surface area contributed by atoms with Crippen LogP contribution in [0, 0.1) is 0 Å². The molecule has 0 saturated carbocycles. The molecule has 0 saturated heterocycles. The van der Waals surface area contributed by atoms with E-state index < -0.39 is 0 Å². The van der Waals surface area contributed by atoms with Crippen LogP contribution in [0.1, 0.15) is 31.4 Å². The van der Waals surface area contributed by atoms with E-state index in [1.807, 2.05) is 0 Å². The molecule has 2 rings (SSSR count). The van der Waals surface area contributed by atoms with Crippen molar-refractivity contribution in [2.24, 2.45) is 0 Å². The van der Waals surface area contributed by atoms with Gasteiger partial charge in [0.25, 0.3) is 0 Å². The molecule has 1 aromatic rings. The molecule has 1 aliphatic rings. The lowest BCUT2D eigenvalue weighted by Gasteiger charge is -2.11. The molecular formula is C14H16. The number of allylic oxidation sites excluding steroid dienone is 3. The largest absolute Gasteiger partial charge is 0.0701 e. The summed E-state index contributed by atoms with van der Waals surface area (Å²) in [5.41, 5.74) is 5.77. The summed E-state index contributed by atoms with van der Waals surface area (Å²) in [7, 11) is 0. The van der Waals surface area contributed by atoms with Gasteiger partial charge in [0, 0.05) is 0 Å². The standard InChI is InChI=1S/C14H16/c1-11-7-9-13-5-3-4-6-14(13)10-8-12(11)2/h3-7,9H,8,10H2,1-2H3/b9-7-,12-11-. The first-order valence-electron chi connectivity index (χ1n) is 5.20. The average Bonchev–Trinajstić information content (AvgIpc) is 2.21. The summed E-state index contributed by atoms with van der Waals surface area (Å²) in [6.07, 6.45) is 6.82. The minimum Gasteiger partial charge on any atom is -0.0701 e. The average molecular weight is 184 g/mol. The number of hydrogen-bond donors (Lipinski definition) is 0. The Balaban J connectivity index is 2.43. The molecule has 0 spiro atoms. The van der Waals surface area contributed by atoms with Crippen molar-refractivity contribution in [2.45, 2.75) is 26.7 Å². The molecule has 0 aliphatic heterocycles. The van der Waals surface area contributed by atoms with Crippen molar-refractivity contribution in [3.63, 3.8) is 0 Å². The minimum atomic E-state index is 1.17. The van der Waals surface area contributed by atoms with E-state index >= 15 is 0 Å². The van der Waals surface area contributed by atoms with Crippen LogP contribution in [0.4, 0.5) is 0 Å². The number of fused-ring (bicyclic) bond motifs is 1. The summed E-state index contributed by atoms with van der Waals surface area (Å²) in [5.74, 6) is 0. The van der Waals surface area contributed by atoms with Crippen molar-refractivity contribution in [1.82, 2.24) is 0 Å². The second kappa shape index (κ2) is 3.83. The van der Waals surface area contributed by atoms with Gasteiger partial charge in [0.1, 0.15) is 0 Å². The Labute approximate surface area is 86.0 Å². The lowest BCUT2D eigenvalue weighted by atomic mass is 9.95. The summed E-state index contributed by atoms with van der Waals surface area (Å²) in [6, 6.07) is 8.66. The van der Waals surface area contributed by atoms with Gasteiger partial charge in [-0.05, 0) is 37.8 Å². The van der Waals surface area contributed by atoms with Crippen molar-refractivity contribution < 1.29 is 0 Å². The zero-order valence-corrected chi connectivity index (χ0v) is 8.88. The van der Waals surface area contributed by atoms with E-state index in [-0.39, 0.29) is 0 Å². The molecule has 0 fully saturated rings. The molecule has 0 heteroatoms. The smallest absolute Gasteiger partial charge is 0.0224 e. The van der Waals surface area contributed by atoms with E-state index in [2.05, 4.69) is 50.3 Å². The van der Waals surface area contributed by atoms with Crippen LogP contribution in [0.2, 0.25) is 0 Å². The van der Waals surface area contributed by atoms with Crippen LogP contribution in [0.5, 0.6) is 0 Å². The highest BCUT2D eigenvalue weighted by atomic mass is 14.1. The van der Waals surface area contributed by atoms with E-state index in [9.17, 15) is 0 Å². The molecule has 14 heavy (non-hydrogen) atoms. The maximum atomic E-state index is 2.23. The molecule has 0 nitrogen and oxygen atoms in total. The highest BCUT2D eigenvalue weighted by Crippen LogP contribution is 2.21. The van der Waals surface area contributed by atoms with Crippen molar-refractivity contribution in [3.8, 4) is 0 Å². The monoisotopic (exact) mass is 184 g/mol. The third-order valence-corrected chi connectivity index (χ3v) is 3.01. The SMILES string of the molecule is CC1=C(\C)CCc2ccccc2/C=C\1. The van der Waals surface area contributed by atoms with Crippen molar-refractivity contribution in [3.05, 3.63) is 52.6 Å². The van der Waals surface area contributed by atoms with Gasteiger partial charge in [0.2, 0.25) is 0 Å². The van der Waals surface area contributed by atoms with Crippen molar-refractivity contribution in [2.75, 3.05) is 0 Å². The fourth-order valence-corrected chi connectivity index (χ4v) is 1.80. The van der Waals surface area contributed by atoms with Gasteiger partial charge in [-0.1, -0.05) is 47.6 Å². The van der Waals surface area contributed by atoms with Gasteiger partial charge < -0.3 is 0 Å². The van der Waals surface area contributed by atoms with Gasteiger partial charge >= 0.3 is 0 Å². The Bertz CT molecular complexity index is 394. The predicted octanol–water partition coefficient (Wildman–Crippen LogP) is 3.98. The van der Waals surface area contributed by atoms with E-state index in [4.69, 9.17) is 0 Å². The Kier molecular flexibility index (Phi) is 2.53. The number of aryl methyl sites for hydroxylation is 1. The van der Waals surface area contributed by atoms with Gasteiger partial charge in [-0.15, -0.1) is 0 Å². The first-order valence-corrected chi connectivity index (χ1v) is 5.20. The van der Waals surface area contributed by atoms with Crippen LogP contribution in [-0.2, 0) is 6.42 Å². The molecule has 1 aromatic carbocycles. The summed E-state index contributed by atoms with van der Waals surface area (Å²) >= 11 is 0. The van der Waals surface area contributed by atoms with Crippen LogP contribution in [0.3, 0.4) is 0 Å². The van der Waals surface area contributed by atoms with Crippen molar-refractivity contribution in [1.29, 1.82) is 0 Å². The second-order valence-electron chi connectivity index (χ2n) is 4.00. The fourth-order valence-electron chi connectivity index (χ4n) is 1.80. The van der Waals surface area contributed by atoms with Gasteiger partial charge in [-0.2, -0.15) is 0 Å². The van der Waals surface area contributed by atoms with Crippen molar-refractivity contribution >= 4 is 6.08 Å². The minimum absolute atomic E-state index is 1.17. The van der Waals surface area contributed by atoms with E-state index in [1.165, 1.54) is 35.1 Å². The summed E-state index contributed by atoms with van der Waals surface area (Å²) < 4.78 is 0. The molecule has 0 aromatic heterocycles. The molecule has 0 unspecified atom stereocenters. The van der Waals surface area contributed by atoms with Crippen LogP contribution < -0.4 is 0 Å². The first kappa shape index (κ1) is 9.26. The normalized spacial score (nSPS) is 23.6. The zero-order valence-electron chi connectivity index (χ0n) is 8.88. The number of benzene rings is 1. The number of rotatable bonds is 0. The van der Waals surface area contributed by atoms with E-state index in [0.29, 0.717) is 0 Å². The third kappa shape index (κ3) is 1.79. The Morgan fingerprint density at radius 1 is 0.929 bits per heavy atom. The molecule has 0 N–H and O–H groups in total. The van der Waals surface area contributed by atoms with Crippen LogP contribution >= 0.6 is 0 Å². The Hall–Kier alpha value is -1.30. The molecule has 0 amide bonds. The first-order chi connectivity index (χ1) is 6.77. The van der Waals surface area contributed by atoms with Crippen LogP contribution in [0.25, 0.3) is 6.08 Å². The maximum absolute atomic E-state index is 2.23. The maximum Gasteiger partial charge on any atom is -0.0224 e. The molecule has 0 bridgehead atoms. The predicted molar refractivity (Wildman–Crippen MR) is 62.2 cm³/mol. The summed E-state index contributed by atoms with van der Waals surface area (Å²) in [5, 5.41) is 0. The van der Waals surface area contributed by atoms with Crippen LogP contribution in [0.15, 0.2) is 41.5 Å². The molecule has 0 atom stereocenters. The Morgan fingerprint density at radius 2 is 1.71 bits per heavy atom. The van der Waals surface area contributed by atoms with Gasteiger partial charge in [-0.3, -0.25) is 0 Å². The van der Waals surface area contributed by atoms with Gasteiger partial charge in [-0.25, -0.2) is 0 Å². The quantitative estimate of drug-likeness (QED) is 0.572. The molecule has 1 aliphatic carbocycles. The Morgan fingerprint density at radius 3 is 2.57 bits per heavy atom. The number of hydrogen-bond acceptors (Lipinski definition) is 0. The topological polar surface area (TPSA) is 0 Å². The van der Waals surface area contributed by atoms with E-state index in [1.54, 1.807) is 0 Å². The fraction of sp³-hybridized carbons (Fsp3) is 0.286.